The number of aromatic amines is 1. The fourth-order valence-electron chi connectivity index (χ4n) is 3.61. The maximum atomic E-state index is 12.6. The maximum absolute atomic E-state index is 12.6. The molecular formula is C24H29N7O6. The second-order valence-corrected chi connectivity index (χ2v) is 9.30. The van der Waals surface area contributed by atoms with Crippen molar-refractivity contribution in [3.05, 3.63) is 61.7 Å². The van der Waals surface area contributed by atoms with Crippen LogP contribution in [-0.4, -0.2) is 61.7 Å². The molecular weight excluding hydrogens is 482 g/mol. The normalized spacial score (nSPS) is 11.5. The molecule has 1 aromatic carbocycles. The predicted molar refractivity (Wildman–Crippen MR) is 136 cm³/mol. The molecule has 0 atom stereocenters. The zero-order valence-electron chi connectivity index (χ0n) is 20.9. The third-order valence-corrected chi connectivity index (χ3v) is 5.59. The van der Waals surface area contributed by atoms with Crippen molar-refractivity contribution >= 4 is 22.6 Å². The van der Waals surface area contributed by atoms with Crippen LogP contribution < -0.4 is 16.4 Å². The van der Waals surface area contributed by atoms with Crippen LogP contribution in [0.3, 0.4) is 0 Å². The number of aromatic nitrogens is 4. The third kappa shape index (κ3) is 6.90. The van der Waals surface area contributed by atoms with Gasteiger partial charge >= 0.3 is 11.1 Å². The number of amides is 1. The molecule has 196 valence electrons. The van der Waals surface area contributed by atoms with Gasteiger partial charge in [0.2, 0.25) is 5.91 Å². The molecule has 3 rings (SSSR count). The van der Waals surface area contributed by atoms with E-state index in [0.717, 1.165) is 0 Å². The first kappa shape index (κ1) is 27.3. The Hall–Kier alpha value is -4.28. The summed E-state index contributed by atoms with van der Waals surface area (Å²) in [4.78, 5) is 60.2. The van der Waals surface area contributed by atoms with Crippen LogP contribution in [0, 0.1) is 27.9 Å². The Labute approximate surface area is 212 Å². The van der Waals surface area contributed by atoms with Crippen molar-refractivity contribution in [2.75, 3.05) is 26.7 Å². The van der Waals surface area contributed by atoms with Crippen LogP contribution in [0.5, 0.6) is 0 Å². The molecule has 2 aromatic heterocycles. The van der Waals surface area contributed by atoms with E-state index in [1.165, 1.54) is 40.0 Å². The molecule has 37 heavy (non-hydrogen) atoms. The zero-order valence-corrected chi connectivity index (χ0v) is 20.9. The van der Waals surface area contributed by atoms with Gasteiger partial charge in [-0.25, -0.2) is 4.98 Å². The summed E-state index contributed by atoms with van der Waals surface area (Å²) in [5.74, 6) is 2.26. The lowest BCUT2D eigenvalue weighted by atomic mass is 9.95. The Morgan fingerprint density at radius 1 is 1.38 bits per heavy atom. The van der Waals surface area contributed by atoms with Crippen molar-refractivity contribution in [2.45, 2.75) is 33.2 Å². The molecule has 13 nitrogen and oxygen atoms in total. The van der Waals surface area contributed by atoms with E-state index in [4.69, 9.17) is 11.3 Å². The van der Waals surface area contributed by atoms with E-state index < -0.39 is 16.0 Å². The summed E-state index contributed by atoms with van der Waals surface area (Å²) in [5, 5.41) is 16.0. The number of hydrogen-bond acceptors (Lipinski definition) is 8. The number of benzene rings is 1. The quantitative estimate of drug-likeness (QED) is 0.159. The molecule has 0 saturated carbocycles. The van der Waals surface area contributed by atoms with Crippen molar-refractivity contribution in [3.8, 4) is 18.0 Å². The number of fused-ring (bicyclic) bond motifs is 1. The third-order valence-electron chi connectivity index (χ3n) is 5.59. The summed E-state index contributed by atoms with van der Waals surface area (Å²) in [5.41, 5.74) is -1.70. The van der Waals surface area contributed by atoms with Gasteiger partial charge in [0, 0.05) is 50.4 Å². The molecule has 2 N–H and O–H groups in total. The second kappa shape index (κ2) is 11.6. The molecule has 0 aliphatic rings. The highest BCUT2D eigenvalue weighted by Gasteiger charge is 2.22. The van der Waals surface area contributed by atoms with E-state index in [1.54, 1.807) is 12.1 Å². The molecule has 0 aliphatic heterocycles. The van der Waals surface area contributed by atoms with Gasteiger partial charge in [0.05, 0.1) is 35.4 Å². The number of terminal acetylenes is 1. The molecule has 13 heteroatoms. The Morgan fingerprint density at radius 3 is 2.78 bits per heavy atom. The average molecular weight is 512 g/mol. The zero-order chi connectivity index (χ0) is 27.2. The molecule has 0 fully saturated rings. The monoisotopic (exact) mass is 511 g/mol. The van der Waals surface area contributed by atoms with Crippen LogP contribution in [0.2, 0.25) is 0 Å². The fraction of sp³-hybridized carbons (Fsp3) is 0.417. The van der Waals surface area contributed by atoms with Crippen LogP contribution >= 0.6 is 0 Å². The highest BCUT2D eigenvalue weighted by atomic mass is 16.7. The molecule has 1 amide bonds. The lowest BCUT2D eigenvalue weighted by Gasteiger charge is -2.27. The van der Waals surface area contributed by atoms with Gasteiger partial charge in [0.25, 0.3) is 5.69 Å². The van der Waals surface area contributed by atoms with Gasteiger partial charge < -0.3 is 19.4 Å². The highest BCUT2D eigenvalue weighted by Crippen LogP contribution is 2.27. The molecule has 3 aromatic rings. The van der Waals surface area contributed by atoms with Crippen LogP contribution in [0.4, 0.5) is 5.69 Å². The SMILES string of the molecule is C#CCN(C)OCC(C)(C)CNC(=O)CCCn1c(=O)c(=O)[nH]c2cc([N+](=O)[O-])c(-n3ccnc3)cc21. The first-order chi connectivity index (χ1) is 17.5. The molecule has 0 radical (unpaired) electrons. The number of H-pyrrole nitrogens is 1. The lowest BCUT2D eigenvalue weighted by Crippen LogP contribution is -2.39. The van der Waals surface area contributed by atoms with Crippen molar-refractivity contribution in [2.24, 2.45) is 5.41 Å². The average Bonchev–Trinajstić information content (AvgIpc) is 3.38. The maximum Gasteiger partial charge on any atom is 0.316 e. The highest BCUT2D eigenvalue weighted by molar-refractivity contribution is 5.82. The summed E-state index contributed by atoms with van der Waals surface area (Å²) in [6, 6.07) is 2.66. The number of hydroxylamine groups is 2. The summed E-state index contributed by atoms with van der Waals surface area (Å²) in [6.07, 6.45) is 10.0. The standard InChI is InChI=1S/C24H29N7O6/c1-5-9-28(4)37-15-24(2,3)14-26-21(32)7-6-10-30-18-13-19(29-11-8-25-16-29)20(31(35)36)12-17(18)27-22(33)23(30)34/h1,8,11-13,16H,6-7,9-10,14-15H2,2-4H3,(H,26,32)(H,27,33). The second-order valence-electron chi connectivity index (χ2n) is 9.30. The molecule has 0 unspecified atom stereocenters. The van der Waals surface area contributed by atoms with E-state index in [0.29, 0.717) is 25.2 Å². The first-order valence-corrected chi connectivity index (χ1v) is 11.5. The van der Waals surface area contributed by atoms with E-state index in [2.05, 4.69) is 21.2 Å². The van der Waals surface area contributed by atoms with Crippen LogP contribution in [0.1, 0.15) is 26.7 Å². The summed E-state index contributed by atoms with van der Waals surface area (Å²) < 4.78 is 2.67. The lowest BCUT2D eigenvalue weighted by molar-refractivity contribution is -0.384. The minimum Gasteiger partial charge on any atom is -0.355 e. The van der Waals surface area contributed by atoms with Crippen molar-refractivity contribution in [1.29, 1.82) is 0 Å². The van der Waals surface area contributed by atoms with Crippen LogP contribution in [0.15, 0.2) is 40.4 Å². The van der Waals surface area contributed by atoms with E-state index >= 15 is 0 Å². The van der Waals surface area contributed by atoms with E-state index in [9.17, 15) is 24.5 Å². The number of nitro benzene ring substituents is 1. The minimum atomic E-state index is -0.904. The number of hydrogen-bond donors (Lipinski definition) is 2. The van der Waals surface area contributed by atoms with E-state index in [1.807, 2.05) is 13.8 Å². The number of imidazole rings is 1. The largest absolute Gasteiger partial charge is 0.355 e. The number of nitrogens with one attached hydrogen (secondary N) is 2. The van der Waals surface area contributed by atoms with Crippen LogP contribution in [0.25, 0.3) is 16.7 Å². The number of nitrogens with zero attached hydrogens (tertiary/aromatic N) is 5. The summed E-state index contributed by atoms with van der Waals surface area (Å²) in [6.45, 7) is 5.01. The Kier molecular flexibility index (Phi) is 8.59. The Balaban J connectivity index is 1.72. The fourth-order valence-corrected chi connectivity index (χ4v) is 3.61. The topological polar surface area (TPSA) is 157 Å². The summed E-state index contributed by atoms with van der Waals surface area (Å²) in [7, 11) is 1.73. The molecule has 0 aliphatic carbocycles. The van der Waals surface area contributed by atoms with Gasteiger partial charge in [-0.15, -0.1) is 6.42 Å². The number of carbonyl (C=O) groups is 1. The molecule has 0 saturated heterocycles. The van der Waals surface area contributed by atoms with Gasteiger partial charge in [0.1, 0.15) is 5.69 Å². The predicted octanol–water partition coefficient (Wildman–Crippen LogP) is 1.20. The molecule has 0 bridgehead atoms. The summed E-state index contributed by atoms with van der Waals surface area (Å²) >= 11 is 0. The van der Waals surface area contributed by atoms with Crippen LogP contribution in [-0.2, 0) is 16.2 Å². The molecule has 2 heterocycles. The van der Waals surface area contributed by atoms with Crippen molar-refractivity contribution in [3.63, 3.8) is 0 Å². The van der Waals surface area contributed by atoms with E-state index in [-0.39, 0.29) is 47.6 Å². The van der Waals surface area contributed by atoms with Gasteiger partial charge in [-0.2, -0.15) is 5.06 Å². The van der Waals surface area contributed by atoms with Gasteiger partial charge in [0.15, 0.2) is 0 Å². The van der Waals surface area contributed by atoms with Gasteiger partial charge in [-0.05, 0) is 12.5 Å². The number of carbonyl (C=O) groups excluding carboxylic acids is 1. The number of aryl methyl sites for hydroxylation is 1. The smallest absolute Gasteiger partial charge is 0.316 e. The van der Waals surface area contributed by atoms with Crippen molar-refractivity contribution in [1.82, 2.24) is 29.5 Å². The number of rotatable bonds is 12. The number of nitro groups is 1. The van der Waals surface area contributed by atoms with Gasteiger partial charge in [-0.1, -0.05) is 19.8 Å². The molecule has 0 spiro atoms. The Morgan fingerprint density at radius 2 is 2.14 bits per heavy atom. The first-order valence-electron chi connectivity index (χ1n) is 11.5. The Bertz CT molecular complexity index is 1430. The minimum absolute atomic E-state index is 0.0667. The van der Waals surface area contributed by atoms with Crippen molar-refractivity contribution < 1.29 is 14.6 Å². The van der Waals surface area contributed by atoms with Gasteiger partial charge in [-0.3, -0.25) is 29.3 Å².